The third-order valence-electron chi connectivity index (χ3n) is 2.87. The molecule has 1 aliphatic rings. The highest BCUT2D eigenvalue weighted by Crippen LogP contribution is 2.21. The summed E-state index contributed by atoms with van der Waals surface area (Å²) >= 11 is 0. The summed E-state index contributed by atoms with van der Waals surface area (Å²) < 4.78 is 18.9. The van der Waals surface area contributed by atoms with Crippen LogP contribution in [0.25, 0.3) is 0 Å². The number of carboxylic acids is 1. The Kier molecular flexibility index (Phi) is 3.81. The van der Waals surface area contributed by atoms with Gasteiger partial charge in [0.2, 0.25) is 0 Å². The van der Waals surface area contributed by atoms with Gasteiger partial charge in [0.05, 0.1) is 0 Å². The van der Waals surface area contributed by atoms with E-state index in [9.17, 15) is 9.18 Å². The molecule has 0 saturated heterocycles. The van der Waals surface area contributed by atoms with E-state index < -0.39 is 17.8 Å². The number of aryl methyl sites for hydroxylation is 1. The Bertz CT molecular complexity index is 446. The summed E-state index contributed by atoms with van der Waals surface area (Å²) in [5.74, 6) is -1.32. The number of carbonyl (C=O) groups is 1. The van der Waals surface area contributed by atoms with E-state index in [1.54, 1.807) is 19.1 Å². The standard InChI is InChI=1S/C13H16FNO3/c1-8-3-2-4-11(12(8)14)18-7-10(13(16)17)15-9-5-6-9/h2-4,9-10,15H,5-7H2,1H3,(H,16,17). The Hall–Kier alpha value is -1.62. The number of rotatable bonds is 6. The minimum atomic E-state index is -0.977. The molecule has 18 heavy (non-hydrogen) atoms. The maximum absolute atomic E-state index is 13.6. The summed E-state index contributed by atoms with van der Waals surface area (Å²) in [7, 11) is 0. The van der Waals surface area contributed by atoms with Gasteiger partial charge in [0.1, 0.15) is 12.6 Å². The first-order valence-electron chi connectivity index (χ1n) is 5.94. The molecule has 0 bridgehead atoms. The Morgan fingerprint density at radius 2 is 2.33 bits per heavy atom. The first-order chi connectivity index (χ1) is 8.58. The number of aliphatic carboxylic acids is 1. The second kappa shape index (κ2) is 5.35. The highest BCUT2D eigenvalue weighted by atomic mass is 19.1. The fraction of sp³-hybridized carbons (Fsp3) is 0.462. The molecule has 0 aliphatic heterocycles. The molecule has 1 atom stereocenters. The zero-order valence-electron chi connectivity index (χ0n) is 10.1. The number of halogens is 1. The van der Waals surface area contributed by atoms with Crippen molar-refractivity contribution in [2.75, 3.05) is 6.61 Å². The van der Waals surface area contributed by atoms with Crippen LogP contribution < -0.4 is 10.1 Å². The van der Waals surface area contributed by atoms with Crippen LogP contribution in [-0.2, 0) is 4.79 Å². The van der Waals surface area contributed by atoms with Crippen LogP contribution in [0.15, 0.2) is 18.2 Å². The lowest BCUT2D eigenvalue weighted by Crippen LogP contribution is -2.42. The van der Waals surface area contributed by atoms with E-state index >= 15 is 0 Å². The van der Waals surface area contributed by atoms with Crippen molar-refractivity contribution in [3.63, 3.8) is 0 Å². The van der Waals surface area contributed by atoms with Gasteiger partial charge < -0.3 is 9.84 Å². The van der Waals surface area contributed by atoms with Crippen LogP contribution in [0.4, 0.5) is 4.39 Å². The van der Waals surface area contributed by atoms with Gasteiger partial charge in [-0.1, -0.05) is 12.1 Å². The van der Waals surface area contributed by atoms with Gasteiger partial charge in [-0.15, -0.1) is 0 Å². The number of hydrogen-bond acceptors (Lipinski definition) is 3. The topological polar surface area (TPSA) is 58.6 Å². The molecule has 1 unspecified atom stereocenters. The van der Waals surface area contributed by atoms with Crippen LogP contribution >= 0.6 is 0 Å². The minimum absolute atomic E-state index is 0.0772. The highest BCUT2D eigenvalue weighted by Gasteiger charge is 2.28. The second-order valence-corrected chi connectivity index (χ2v) is 4.53. The zero-order valence-corrected chi connectivity index (χ0v) is 10.1. The van der Waals surface area contributed by atoms with Gasteiger partial charge in [0, 0.05) is 6.04 Å². The van der Waals surface area contributed by atoms with Crippen molar-refractivity contribution in [1.82, 2.24) is 5.32 Å². The molecule has 1 saturated carbocycles. The predicted molar refractivity (Wildman–Crippen MR) is 64.2 cm³/mol. The molecule has 1 aliphatic carbocycles. The molecule has 0 aromatic heterocycles. The van der Waals surface area contributed by atoms with Crippen molar-refractivity contribution in [2.24, 2.45) is 0 Å². The van der Waals surface area contributed by atoms with Crippen molar-refractivity contribution in [3.8, 4) is 5.75 Å². The highest BCUT2D eigenvalue weighted by molar-refractivity contribution is 5.73. The van der Waals surface area contributed by atoms with E-state index in [-0.39, 0.29) is 18.4 Å². The van der Waals surface area contributed by atoms with Crippen LogP contribution in [-0.4, -0.2) is 29.8 Å². The van der Waals surface area contributed by atoms with Gasteiger partial charge in [-0.05, 0) is 31.4 Å². The number of carboxylic acid groups (broad SMARTS) is 1. The lowest BCUT2D eigenvalue weighted by Gasteiger charge is -2.15. The van der Waals surface area contributed by atoms with Crippen molar-refractivity contribution in [2.45, 2.75) is 31.8 Å². The molecule has 0 heterocycles. The van der Waals surface area contributed by atoms with Crippen LogP contribution in [0.5, 0.6) is 5.75 Å². The van der Waals surface area contributed by atoms with Gasteiger partial charge in [0.25, 0.3) is 0 Å². The van der Waals surface area contributed by atoms with Crippen molar-refractivity contribution < 1.29 is 19.0 Å². The van der Waals surface area contributed by atoms with Crippen LogP contribution in [0, 0.1) is 12.7 Å². The summed E-state index contributed by atoms with van der Waals surface area (Å²) in [5, 5.41) is 12.0. The van der Waals surface area contributed by atoms with E-state index in [0.29, 0.717) is 5.56 Å². The molecular weight excluding hydrogens is 237 g/mol. The van der Waals surface area contributed by atoms with Gasteiger partial charge in [-0.3, -0.25) is 10.1 Å². The van der Waals surface area contributed by atoms with Crippen LogP contribution in [0.1, 0.15) is 18.4 Å². The largest absolute Gasteiger partial charge is 0.488 e. The predicted octanol–water partition coefficient (Wildman–Crippen LogP) is 1.72. The normalized spacial score (nSPS) is 16.3. The lowest BCUT2D eigenvalue weighted by atomic mass is 10.2. The smallest absolute Gasteiger partial charge is 0.324 e. The summed E-state index contributed by atoms with van der Waals surface area (Å²) in [6.07, 6.45) is 1.98. The average Bonchev–Trinajstić information content (AvgIpc) is 3.13. The van der Waals surface area contributed by atoms with E-state index in [4.69, 9.17) is 9.84 Å². The fourth-order valence-corrected chi connectivity index (χ4v) is 1.63. The van der Waals surface area contributed by atoms with E-state index in [2.05, 4.69) is 5.32 Å². The molecule has 1 aromatic rings. The van der Waals surface area contributed by atoms with E-state index in [1.807, 2.05) is 0 Å². The monoisotopic (exact) mass is 253 g/mol. The van der Waals surface area contributed by atoms with Gasteiger partial charge in [-0.2, -0.15) is 0 Å². The first kappa shape index (κ1) is 12.8. The van der Waals surface area contributed by atoms with Crippen LogP contribution in [0.3, 0.4) is 0 Å². The molecule has 2 rings (SSSR count). The Balaban J connectivity index is 1.95. The maximum atomic E-state index is 13.6. The fourth-order valence-electron chi connectivity index (χ4n) is 1.63. The van der Waals surface area contributed by atoms with Crippen LogP contribution in [0.2, 0.25) is 0 Å². The van der Waals surface area contributed by atoms with E-state index in [0.717, 1.165) is 12.8 Å². The van der Waals surface area contributed by atoms with Gasteiger partial charge in [-0.25, -0.2) is 4.39 Å². The summed E-state index contributed by atoms with van der Waals surface area (Å²) in [5.41, 5.74) is 0.481. The zero-order chi connectivity index (χ0) is 13.1. The molecule has 98 valence electrons. The lowest BCUT2D eigenvalue weighted by molar-refractivity contribution is -0.140. The van der Waals surface area contributed by atoms with E-state index in [1.165, 1.54) is 6.07 Å². The number of ether oxygens (including phenoxy) is 1. The SMILES string of the molecule is Cc1cccc(OCC(NC2CC2)C(=O)O)c1F. The Morgan fingerprint density at radius 1 is 1.61 bits per heavy atom. The molecule has 1 fully saturated rings. The summed E-state index contributed by atoms with van der Waals surface area (Å²) in [6, 6.07) is 4.28. The van der Waals surface area contributed by atoms with Crippen molar-refractivity contribution in [1.29, 1.82) is 0 Å². The quantitative estimate of drug-likeness (QED) is 0.810. The molecule has 0 amide bonds. The molecule has 4 nitrogen and oxygen atoms in total. The summed E-state index contributed by atoms with van der Waals surface area (Å²) in [6.45, 7) is 1.56. The molecule has 5 heteroatoms. The first-order valence-corrected chi connectivity index (χ1v) is 5.94. The molecule has 1 aromatic carbocycles. The minimum Gasteiger partial charge on any atom is -0.488 e. The average molecular weight is 253 g/mol. The second-order valence-electron chi connectivity index (χ2n) is 4.53. The summed E-state index contributed by atoms with van der Waals surface area (Å²) in [4.78, 5) is 11.0. The maximum Gasteiger partial charge on any atom is 0.324 e. The third kappa shape index (κ3) is 3.20. The number of nitrogens with one attached hydrogen (secondary N) is 1. The Morgan fingerprint density at radius 3 is 2.94 bits per heavy atom. The Labute approximate surface area is 105 Å². The molecule has 2 N–H and O–H groups in total. The number of benzene rings is 1. The van der Waals surface area contributed by atoms with Gasteiger partial charge >= 0.3 is 5.97 Å². The number of hydrogen-bond donors (Lipinski definition) is 2. The molecular formula is C13H16FNO3. The third-order valence-corrected chi connectivity index (χ3v) is 2.87. The molecule has 0 radical (unpaired) electrons. The van der Waals surface area contributed by atoms with Gasteiger partial charge in [0.15, 0.2) is 11.6 Å². The van der Waals surface area contributed by atoms with Crippen molar-refractivity contribution in [3.05, 3.63) is 29.6 Å². The van der Waals surface area contributed by atoms with Crippen molar-refractivity contribution >= 4 is 5.97 Å². The molecule has 0 spiro atoms.